The van der Waals surface area contributed by atoms with Gasteiger partial charge in [-0.05, 0) is 62.8 Å². The number of amides is 1. The molecule has 4 nitrogen and oxygen atoms in total. The minimum absolute atomic E-state index is 0.0553. The molecule has 7 heteroatoms. The largest absolute Gasteiger partial charge is 0.475 e. The molecule has 1 fully saturated rings. The number of ether oxygens (including phenoxy) is 1. The number of rotatable bonds is 4. The summed E-state index contributed by atoms with van der Waals surface area (Å²) in [4.78, 5) is 18.9. The van der Waals surface area contributed by atoms with Gasteiger partial charge < -0.3 is 9.64 Å². The summed E-state index contributed by atoms with van der Waals surface area (Å²) >= 11 is 0. The van der Waals surface area contributed by atoms with E-state index in [-0.39, 0.29) is 11.7 Å². The smallest absolute Gasteiger partial charge is 0.417 e. The molecule has 2 aromatic rings. The Balaban J connectivity index is 1.42. The lowest BCUT2D eigenvalue weighted by Gasteiger charge is -2.33. The highest BCUT2D eigenvalue weighted by Gasteiger charge is 2.37. The predicted molar refractivity (Wildman–Crippen MR) is 112 cm³/mol. The number of alkyl halides is 3. The number of likely N-dealkylation sites (tertiary alicyclic amines) is 1. The van der Waals surface area contributed by atoms with Crippen LogP contribution in [0.5, 0.6) is 5.88 Å². The van der Waals surface area contributed by atoms with Crippen LogP contribution in [-0.4, -0.2) is 35.0 Å². The van der Waals surface area contributed by atoms with Gasteiger partial charge in [-0.15, -0.1) is 0 Å². The lowest BCUT2D eigenvalue weighted by Crippen LogP contribution is -2.39. The first-order valence-corrected chi connectivity index (χ1v) is 10.5. The highest BCUT2D eigenvalue weighted by Crippen LogP contribution is 2.36. The molecule has 0 unspecified atom stereocenters. The average Bonchev–Trinajstić information content (AvgIpc) is 3.16. The molecule has 2 heterocycles. The molecular weight excluding hydrogens is 405 g/mol. The topological polar surface area (TPSA) is 42.4 Å². The maximum atomic E-state index is 13.3. The third-order valence-electron chi connectivity index (χ3n) is 5.83. The van der Waals surface area contributed by atoms with Crippen molar-refractivity contribution in [3.8, 4) is 5.88 Å². The normalized spacial score (nSPS) is 17.0. The third-order valence-corrected chi connectivity index (χ3v) is 5.83. The zero-order valence-corrected chi connectivity index (χ0v) is 17.6. The summed E-state index contributed by atoms with van der Waals surface area (Å²) in [7, 11) is 0. The molecule has 4 rings (SSSR count). The van der Waals surface area contributed by atoms with Gasteiger partial charge in [-0.25, -0.2) is 4.98 Å². The van der Waals surface area contributed by atoms with E-state index in [0.29, 0.717) is 24.9 Å². The maximum Gasteiger partial charge on any atom is 0.417 e. The fraction of sp³-hybridized carbons (Fsp3) is 0.417. The molecule has 2 aliphatic rings. The van der Waals surface area contributed by atoms with Crippen molar-refractivity contribution < 1.29 is 22.7 Å². The van der Waals surface area contributed by atoms with Gasteiger partial charge in [-0.1, -0.05) is 23.8 Å². The Morgan fingerprint density at radius 1 is 1.13 bits per heavy atom. The number of carbonyl (C=O) groups is 1. The molecule has 1 aliphatic heterocycles. The van der Waals surface area contributed by atoms with E-state index in [2.05, 4.69) is 11.1 Å². The lowest BCUT2D eigenvalue weighted by atomic mass is 9.87. The van der Waals surface area contributed by atoms with E-state index in [1.54, 1.807) is 0 Å². The first kappa shape index (κ1) is 21.4. The van der Waals surface area contributed by atoms with Crippen molar-refractivity contribution >= 4 is 12.0 Å². The number of pyridine rings is 1. The van der Waals surface area contributed by atoms with E-state index in [4.69, 9.17) is 4.74 Å². The number of allylic oxidation sites excluding steroid dienone is 1. The van der Waals surface area contributed by atoms with Crippen LogP contribution in [0, 0.1) is 5.92 Å². The highest BCUT2D eigenvalue weighted by molar-refractivity contribution is 5.96. The molecule has 0 bridgehead atoms. The van der Waals surface area contributed by atoms with Gasteiger partial charge in [0.1, 0.15) is 0 Å². The summed E-state index contributed by atoms with van der Waals surface area (Å²) in [6.45, 7) is 4.80. The molecule has 1 aromatic carbocycles. The van der Waals surface area contributed by atoms with E-state index < -0.39 is 17.6 Å². The summed E-state index contributed by atoms with van der Waals surface area (Å²) in [5.41, 5.74) is 2.20. The van der Waals surface area contributed by atoms with Crippen LogP contribution >= 0.6 is 0 Å². The van der Waals surface area contributed by atoms with Crippen molar-refractivity contribution in [3.63, 3.8) is 0 Å². The van der Waals surface area contributed by atoms with Crippen molar-refractivity contribution in [3.05, 3.63) is 64.4 Å². The molecule has 0 radical (unpaired) electrons. The van der Waals surface area contributed by atoms with Gasteiger partial charge in [0, 0.05) is 19.2 Å². The van der Waals surface area contributed by atoms with Crippen molar-refractivity contribution in [2.24, 2.45) is 5.92 Å². The second-order valence-corrected chi connectivity index (χ2v) is 8.37. The van der Waals surface area contributed by atoms with Gasteiger partial charge in [0.15, 0.2) is 0 Å². The van der Waals surface area contributed by atoms with Crippen molar-refractivity contribution in [1.29, 1.82) is 0 Å². The van der Waals surface area contributed by atoms with Gasteiger partial charge in [0.05, 0.1) is 22.9 Å². The summed E-state index contributed by atoms with van der Waals surface area (Å²) < 4.78 is 45.5. The van der Waals surface area contributed by atoms with E-state index in [1.807, 2.05) is 26.0 Å². The van der Waals surface area contributed by atoms with Gasteiger partial charge in [0.2, 0.25) is 5.88 Å². The molecule has 0 N–H and O–H groups in total. The molecule has 0 saturated carbocycles. The SMILES string of the molecule is CC(C)Oc1ccc2c(n1)C=C(C1CCN(C(=O)c3ccccc3C(F)(F)F)CC1)C2. The van der Waals surface area contributed by atoms with Crippen LogP contribution in [0.25, 0.3) is 6.08 Å². The molecule has 0 atom stereocenters. The van der Waals surface area contributed by atoms with Crippen LogP contribution in [-0.2, 0) is 12.6 Å². The Bertz CT molecular complexity index is 1010. The second-order valence-electron chi connectivity index (χ2n) is 8.37. The van der Waals surface area contributed by atoms with Crippen molar-refractivity contribution in [2.45, 2.75) is 45.4 Å². The second kappa shape index (κ2) is 8.36. The number of carbonyl (C=O) groups excluding carboxylic acids is 1. The van der Waals surface area contributed by atoms with E-state index in [1.165, 1.54) is 28.7 Å². The first-order chi connectivity index (χ1) is 14.7. The Labute approximate surface area is 179 Å². The van der Waals surface area contributed by atoms with E-state index in [0.717, 1.165) is 36.6 Å². The van der Waals surface area contributed by atoms with Crippen molar-refractivity contribution in [1.82, 2.24) is 9.88 Å². The van der Waals surface area contributed by atoms with Crippen LogP contribution in [0.15, 0.2) is 42.0 Å². The van der Waals surface area contributed by atoms with Crippen LogP contribution in [0.4, 0.5) is 13.2 Å². The fourth-order valence-electron chi connectivity index (χ4n) is 4.32. The van der Waals surface area contributed by atoms with Gasteiger partial charge in [-0.3, -0.25) is 4.79 Å². The Morgan fingerprint density at radius 2 is 1.84 bits per heavy atom. The molecule has 1 aliphatic carbocycles. The van der Waals surface area contributed by atoms with Crippen LogP contribution in [0.1, 0.15) is 53.9 Å². The number of halogens is 3. The van der Waals surface area contributed by atoms with E-state index in [9.17, 15) is 18.0 Å². The summed E-state index contributed by atoms with van der Waals surface area (Å²) in [5.74, 6) is 0.354. The molecule has 1 amide bonds. The van der Waals surface area contributed by atoms with Gasteiger partial charge in [-0.2, -0.15) is 13.2 Å². The number of aromatic nitrogens is 1. The van der Waals surface area contributed by atoms with Gasteiger partial charge >= 0.3 is 6.18 Å². The predicted octanol–water partition coefficient (Wildman–Crippen LogP) is 5.38. The monoisotopic (exact) mass is 430 g/mol. The standard InChI is InChI=1S/C24H25F3N2O2/c1-15(2)31-22-8-7-17-13-18(14-21(17)28-22)16-9-11-29(12-10-16)23(30)19-5-3-4-6-20(19)24(25,26)27/h3-8,14-16H,9-13H2,1-2H3. The first-order valence-electron chi connectivity index (χ1n) is 10.5. The Morgan fingerprint density at radius 3 is 2.52 bits per heavy atom. The zero-order chi connectivity index (χ0) is 22.2. The third kappa shape index (κ3) is 4.60. The zero-order valence-electron chi connectivity index (χ0n) is 17.6. The molecule has 0 spiro atoms. The maximum absolute atomic E-state index is 13.3. The number of benzene rings is 1. The van der Waals surface area contributed by atoms with Crippen molar-refractivity contribution in [2.75, 3.05) is 13.1 Å². The average molecular weight is 430 g/mol. The number of fused-ring (bicyclic) bond motifs is 1. The molecule has 164 valence electrons. The van der Waals surface area contributed by atoms with Crippen LogP contribution < -0.4 is 4.74 Å². The quantitative estimate of drug-likeness (QED) is 0.654. The number of nitrogens with zero attached hydrogens (tertiary/aromatic N) is 2. The van der Waals surface area contributed by atoms with Crippen LogP contribution in [0.3, 0.4) is 0 Å². The molecular formula is C24H25F3N2O2. The molecule has 1 aromatic heterocycles. The van der Waals surface area contributed by atoms with E-state index >= 15 is 0 Å². The summed E-state index contributed by atoms with van der Waals surface area (Å²) in [6, 6.07) is 8.92. The minimum atomic E-state index is -4.55. The Kier molecular flexibility index (Phi) is 5.77. The Hall–Kier alpha value is -2.83. The summed E-state index contributed by atoms with van der Waals surface area (Å²) in [6.07, 6.45) is -0.108. The molecule has 31 heavy (non-hydrogen) atoms. The summed E-state index contributed by atoms with van der Waals surface area (Å²) in [5, 5.41) is 0. The van der Waals surface area contributed by atoms with Gasteiger partial charge in [0.25, 0.3) is 5.91 Å². The number of piperidine rings is 1. The fourth-order valence-corrected chi connectivity index (χ4v) is 4.32. The number of hydrogen-bond donors (Lipinski definition) is 0. The lowest BCUT2D eigenvalue weighted by molar-refractivity contribution is -0.138. The highest BCUT2D eigenvalue weighted by atomic mass is 19.4. The van der Waals surface area contributed by atoms with Crippen LogP contribution in [0.2, 0.25) is 0 Å². The minimum Gasteiger partial charge on any atom is -0.475 e. The molecule has 1 saturated heterocycles. The number of hydrogen-bond acceptors (Lipinski definition) is 3.